The van der Waals surface area contributed by atoms with E-state index in [4.69, 9.17) is 0 Å². The maximum atomic E-state index is 9.71. The van der Waals surface area contributed by atoms with Crippen LogP contribution in [0.1, 0.15) is 18.1 Å². The Labute approximate surface area is 86.5 Å². The molecule has 3 heteroatoms. The van der Waals surface area contributed by atoms with E-state index in [1.165, 1.54) is 0 Å². The molecule has 0 saturated heterocycles. The van der Waals surface area contributed by atoms with Crippen LogP contribution in [-0.2, 0) is 0 Å². The molecule has 0 saturated carbocycles. The van der Waals surface area contributed by atoms with Crippen LogP contribution in [0.2, 0.25) is 0 Å². The topological polar surface area (TPSA) is 33.1 Å². The summed E-state index contributed by atoms with van der Waals surface area (Å²) < 4.78 is 1.12. The quantitative estimate of drug-likeness (QED) is 0.781. The van der Waals surface area contributed by atoms with Crippen molar-refractivity contribution in [2.24, 2.45) is 0 Å². The minimum absolute atomic E-state index is 0.480. The van der Waals surface area contributed by atoms with Gasteiger partial charge in [0.1, 0.15) is 0 Å². The zero-order valence-corrected chi connectivity index (χ0v) is 8.50. The van der Waals surface area contributed by atoms with Gasteiger partial charge in [-0.2, -0.15) is 0 Å². The summed E-state index contributed by atoms with van der Waals surface area (Å²) in [7, 11) is 0. The Balaban J connectivity index is 2.38. The Morgan fingerprint density at radius 2 is 2.50 bits per heavy atom. The molecule has 0 bridgehead atoms. The summed E-state index contributed by atoms with van der Waals surface area (Å²) in [6.45, 7) is 3.60. The molecule has 0 aliphatic carbocycles. The second-order valence-electron chi connectivity index (χ2n) is 3.11. The van der Waals surface area contributed by atoms with Crippen LogP contribution in [0.25, 0.3) is 10.2 Å². The zero-order chi connectivity index (χ0) is 9.97. The Hall–Kier alpha value is -1.19. The second kappa shape index (κ2) is 3.90. The molecule has 14 heavy (non-hydrogen) atoms. The van der Waals surface area contributed by atoms with Crippen LogP contribution in [-0.4, -0.2) is 10.1 Å². The van der Waals surface area contributed by atoms with E-state index < -0.39 is 6.10 Å². The standard InChI is InChI=1S/C11H11NOS/c1-2-3-10(13)8-6-11-9(12-7-8)4-5-14-11/h2,4-7,10,13H,1,3H2. The molecule has 0 aromatic carbocycles. The molecule has 2 aromatic rings. The summed E-state index contributed by atoms with van der Waals surface area (Å²) in [5.74, 6) is 0. The predicted molar refractivity (Wildman–Crippen MR) is 59.4 cm³/mol. The molecule has 2 heterocycles. The van der Waals surface area contributed by atoms with Gasteiger partial charge in [0.05, 0.1) is 16.3 Å². The lowest BCUT2D eigenvalue weighted by atomic mass is 10.1. The highest BCUT2D eigenvalue weighted by atomic mass is 32.1. The molecular weight excluding hydrogens is 194 g/mol. The van der Waals surface area contributed by atoms with Crippen molar-refractivity contribution in [1.29, 1.82) is 0 Å². The highest BCUT2D eigenvalue weighted by molar-refractivity contribution is 7.17. The monoisotopic (exact) mass is 205 g/mol. The maximum absolute atomic E-state index is 9.71. The third-order valence-corrected chi connectivity index (χ3v) is 2.95. The minimum Gasteiger partial charge on any atom is -0.388 e. The number of aliphatic hydroxyl groups is 1. The molecule has 0 aliphatic rings. The second-order valence-corrected chi connectivity index (χ2v) is 4.06. The molecule has 2 rings (SSSR count). The first-order valence-electron chi connectivity index (χ1n) is 4.43. The first kappa shape index (κ1) is 9.37. The number of rotatable bonds is 3. The molecule has 0 amide bonds. The first-order valence-corrected chi connectivity index (χ1v) is 5.31. The summed E-state index contributed by atoms with van der Waals surface area (Å²) in [6.07, 6.45) is 3.52. The van der Waals surface area contributed by atoms with Gasteiger partial charge in [0.2, 0.25) is 0 Å². The van der Waals surface area contributed by atoms with E-state index in [1.54, 1.807) is 23.6 Å². The molecule has 0 fully saturated rings. The number of hydrogen-bond acceptors (Lipinski definition) is 3. The fourth-order valence-electron chi connectivity index (χ4n) is 1.34. The Morgan fingerprint density at radius 3 is 3.29 bits per heavy atom. The SMILES string of the molecule is C=CCC(O)c1cnc2ccsc2c1. The lowest BCUT2D eigenvalue weighted by Gasteiger charge is -2.07. The van der Waals surface area contributed by atoms with Gasteiger partial charge in [0.25, 0.3) is 0 Å². The maximum Gasteiger partial charge on any atom is 0.0839 e. The van der Waals surface area contributed by atoms with Crippen molar-refractivity contribution in [3.05, 3.63) is 41.9 Å². The van der Waals surface area contributed by atoms with Crippen LogP contribution in [0.3, 0.4) is 0 Å². The van der Waals surface area contributed by atoms with Gasteiger partial charge in [0, 0.05) is 11.8 Å². The van der Waals surface area contributed by atoms with Gasteiger partial charge >= 0.3 is 0 Å². The Kier molecular flexibility index (Phi) is 2.61. The summed E-state index contributed by atoms with van der Waals surface area (Å²) in [5, 5.41) is 11.7. The molecule has 1 N–H and O–H groups in total. The molecule has 1 unspecified atom stereocenters. The summed E-state index contributed by atoms with van der Waals surface area (Å²) in [4.78, 5) is 4.26. The lowest BCUT2D eigenvalue weighted by Crippen LogP contribution is -1.95. The van der Waals surface area contributed by atoms with Crippen molar-refractivity contribution in [3.8, 4) is 0 Å². The van der Waals surface area contributed by atoms with E-state index in [-0.39, 0.29) is 0 Å². The van der Waals surface area contributed by atoms with Crippen LogP contribution < -0.4 is 0 Å². The number of aliphatic hydroxyl groups excluding tert-OH is 1. The normalized spacial score (nSPS) is 12.9. The molecule has 0 aliphatic heterocycles. The summed E-state index contributed by atoms with van der Waals surface area (Å²) >= 11 is 1.64. The van der Waals surface area contributed by atoms with E-state index in [0.717, 1.165) is 15.8 Å². The van der Waals surface area contributed by atoms with E-state index in [9.17, 15) is 5.11 Å². The third-order valence-electron chi connectivity index (χ3n) is 2.10. The van der Waals surface area contributed by atoms with E-state index in [2.05, 4.69) is 11.6 Å². The molecule has 2 nitrogen and oxygen atoms in total. The Bertz CT molecular complexity index is 449. The van der Waals surface area contributed by atoms with E-state index in [0.29, 0.717) is 6.42 Å². The van der Waals surface area contributed by atoms with Crippen molar-refractivity contribution in [1.82, 2.24) is 4.98 Å². The van der Waals surface area contributed by atoms with Crippen LogP contribution in [0.4, 0.5) is 0 Å². The number of fused-ring (bicyclic) bond motifs is 1. The van der Waals surface area contributed by atoms with Crippen LogP contribution in [0.15, 0.2) is 36.4 Å². The zero-order valence-electron chi connectivity index (χ0n) is 7.68. The number of hydrogen-bond donors (Lipinski definition) is 1. The molecule has 0 radical (unpaired) electrons. The largest absolute Gasteiger partial charge is 0.388 e. The highest BCUT2D eigenvalue weighted by Crippen LogP contribution is 2.24. The van der Waals surface area contributed by atoms with Gasteiger partial charge in [-0.15, -0.1) is 17.9 Å². The number of thiophene rings is 1. The van der Waals surface area contributed by atoms with Gasteiger partial charge < -0.3 is 5.11 Å². The Morgan fingerprint density at radius 1 is 1.64 bits per heavy atom. The van der Waals surface area contributed by atoms with Crippen molar-refractivity contribution < 1.29 is 5.11 Å². The van der Waals surface area contributed by atoms with Crippen molar-refractivity contribution in [3.63, 3.8) is 0 Å². The number of nitrogens with zero attached hydrogens (tertiary/aromatic N) is 1. The van der Waals surface area contributed by atoms with E-state index >= 15 is 0 Å². The van der Waals surface area contributed by atoms with Crippen LogP contribution >= 0.6 is 11.3 Å². The molecule has 1 atom stereocenters. The van der Waals surface area contributed by atoms with Gasteiger partial charge in [-0.05, 0) is 23.9 Å². The van der Waals surface area contributed by atoms with Crippen LogP contribution in [0.5, 0.6) is 0 Å². The van der Waals surface area contributed by atoms with Gasteiger partial charge in [-0.25, -0.2) is 0 Å². The molecular formula is C11H11NOS. The van der Waals surface area contributed by atoms with Gasteiger partial charge in [0.15, 0.2) is 0 Å². The fraction of sp³-hybridized carbons (Fsp3) is 0.182. The summed E-state index contributed by atoms with van der Waals surface area (Å²) in [5.41, 5.74) is 1.85. The van der Waals surface area contributed by atoms with E-state index in [1.807, 2.05) is 17.5 Å². The van der Waals surface area contributed by atoms with Gasteiger partial charge in [-0.1, -0.05) is 6.08 Å². The molecule has 2 aromatic heterocycles. The smallest absolute Gasteiger partial charge is 0.0839 e. The third kappa shape index (κ3) is 1.69. The fourth-order valence-corrected chi connectivity index (χ4v) is 2.13. The predicted octanol–water partition coefficient (Wildman–Crippen LogP) is 2.91. The average molecular weight is 205 g/mol. The number of aromatic nitrogens is 1. The first-order chi connectivity index (χ1) is 6.81. The lowest BCUT2D eigenvalue weighted by molar-refractivity contribution is 0.181. The van der Waals surface area contributed by atoms with Crippen molar-refractivity contribution in [2.45, 2.75) is 12.5 Å². The molecule has 72 valence electrons. The summed E-state index contributed by atoms with van der Waals surface area (Å²) in [6, 6.07) is 3.96. The average Bonchev–Trinajstić information content (AvgIpc) is 2.64. The molecule has 0 spiro atoms. The minimum atomic E-state index is -0.480. The van der Waals surface area contributed by atoms with Gasteiger partial charge in [-0.3, -0.25) is 4.98 Å². The van der Waals surface area contributed by atoms with Crippen LogP contribution in [0, 0.1) is 0 Å². The highest BCUT2D eigenvalue weighted by Gasteiger charge is 2.07. The van der Waals surface area contributed by atoms with Crippen molar-refractivity contribution in [2.75, 3.05) is 0 Å². The number of pyridine rings is 1. The van der Waals surface area contributed by atoms with Crippen molar-refractivity contribution >= 4 is 21.6 Å².